The number of hydrogen-bond acceptors (Lipinski definition) is 5. The van der Waals surface area contributed by atoms with Crippen LogP contribution >= 0.6 is 11.3 Å². The van der Waals surface area contributed by atoms with Crippen molar-refractivity contribution in [3.05, 3.63) is 10.6 Å². The third-order valence-corrected chi connectivity index (χ3v) is 4.28. The Morgan fingerprint density at radius 2 is 2.10 bits per heavy atom. The number of amides is 1. The maximum Gasteiger partial charge on any atom is 0.350 e. The smallest absolute Gasteiger partial charge is 0.350 e. The van der Waals surface area contributed by atoms with Crippen LogP contribution in [0.25, 0.3) is 0 Å². The maximum atomic E-state index is 12.3. The van der Waals surface area contributed by atoms with Crippen molar-refractivity contribution in [3.8, 4) is 0 Å². The number of carbonyl (C=O) groups is 2. The molecule has 0 spiro atoms. The number of thiazole rings is 1. The van der Waals surface area contributed by atoms with Gasteiger partial charge in [0, 0.05) is 12.5 Å². The van der Waals surface area contributed by atoms with Gasteiger partial charge < -0.3 is 4.74 Å². The van der Waals surface area contributed by atoms with Gasteiger partial charge in [0.2, 0.25) is 5.91 Å². The van der Waals surface area contributed by atoms with Crippen molar-refractivity contribution < 1.29 is 14.3 Å². The molecule has 20 heavy (non-hydrogen) atoms. The van der Waals surface area contributed by atoms with E-state index in [0.717, 1.165) is 19.3 Å². The molecule has 1 aliphatic carbocycles. The number of ether oxygens (including phenoxy) is 1. The van der Waals surface area contributed by atoms with E-state index in [-0.39, 0.29) is 17.8 Å². The molecule has 0 radical (unpaired) electrons. The Kier molecular flexibility index (Phi) is 4.75. The van der Waals surface area contributed by atoms with Crippen molar-refractivity contribution in [2.45, 2.75) is 40.0 Å². The SMILES string of the molecule is CCCN(C(=O)C1CC1)c1nc(C)c(C(=O)OCC)s1. The summed E-state index contributed by atoms with van der Waals surface area (Å²) >= 11 is 1.25. The van der Waals surface area contributed by atoms with Gasteiger partial charge in [-0.25, -0.2) is 9.78 Å². The molecule has 1 aromatic heterocycles. The minimum Gasteiger partial charge on any atom is -0.462 e. The molecular weight excluding hydrogens is 276 g/mol. The average Bonchev–Trinajstić information content (AvgIpc) is 3.19. The lowest BCUT2D eigenvalue weighted by molar-refractivity contribution is -0.119. The van der Waals surface area contributed by atoms with E-state index in [0.29, 0.717) is 28.9 Å². The summed E-state index contributed by atoms with van der Waals surface area (Å²) in [6, 6.07) is 0. The van der Waals surface area contributed by atoms with Gasteiger partial charge in [-0.2, -0.15) is 0 Å². The van der Waals surface area contributed by atoms with E-state index in [1.807, 2.05) is 6.92 Å². The zero-order valence-corrected chi connectivity index (χ0v) is 13.0. The van der Waals surface area contributed by atoms with Gasteiger partial charge in [-0.05, 0) is 33.1 Å². The third-order valence-electron chi connectivity index (χ3n) is 3.12. The van der Waals surface area contributed by atoms with Crippen LogP contribution in [0.2, 0.25) is 0 Å². The van der Waals surface area contributed by atoms with E-state index >= 15 is 0 Å². The summed E-state index contributed by atoms with van der Waals surface area (Å²) in [7, 11) is 0. The zero-order valence-electron chi connectivity index (χ0n) is 12.1. The summed E-state index contributed by atoms with van der Waals surface area (Å²) in [6.45, 7) is 6.56. The topological polar surface area (TPSA) is 59.5 Å². The maximum absolute atomic E-state index is 12.3. The molecule has 0 atom stereocenters. The molecule has 1 saturated carbocycles. The molecule has 0 aromatic carbocycles. The normalized spacial score (nSPS) is 14.2. The predicted octanol–water partition coefficient (Wildman–Crippen LogP) is 2.78. The van der Waals surface area contributed by atoms with Crippen LogP contribution in [-0.2, 0) is 9.53 Å². The van der Waals surface area contributed by atoms with Crippen molar-refractivity contribution in [1.82, 2.24) is 4.98 Å². The number of aromatic nitrogens is 1. The minimum atomic E-state index is -0.357. The van der Waals surface area contributed by atoms with Crippen LogP contribution in [0.4, 0.5) is 5.13 Å². The van der Waals surface area contributed by atoms with Crippen LogP contribution in [0.15, 0.2) is 0 Å². The van der Waals surface area contributed by atoms with Crippen LogP contribution in [-0.4, -0.2) is 30.0 Å². The number of nitrogens with zero attached hydrogens (tertiary/aromatic N) is 2. The fraction of sp³-hybridized carbons (Fsp3) is 0.643. The quantitative estimate of drug-likeness (QED) is 0.757. The summed E-state index contributed by atoms with van der Waals surface area (Å²) in [4.78, 5) is 30.7. The van der Waals surface area contributed by atoms with E-state index in [4.69, 9.17) is 4.74 Å². The van der Waals surface area contributed by atoms with E-state index in [9.17, 15) is 9.59 Å². The highest BCUT2D eigenvalue weighted by atomic mass is 32.1. The highest BCUT2D eigenvalue weighted by molar-refractivity contribution is 7.17. The molecule has 1 aromatic rings. The predicted molar refractivity (Wildman–Crippen MR) is 78.2 cm³/mol. The second kappa shape index (κ2) is 6.35. The first kappa shape index (κ1) is 15.0. The standard InChI is InChI=1S/C14H20N2O3S/c1-4-8-16(12(17)10-6-7-10)14-15-9(3)11(20-14)13(18)19-5-2/h10H,4-8H2,1-3H3. The zero-order chi connectivity index (χ0) is 14.7. The fourth-order valence-electron chi connectivity index (χ4n) is 1.96. The van der Waals surface area contributed by atoms with E-state index in [1.54, 1.807) is 18.7 Å². The Balaban J connectivity index is 2.22. The summed E-state index contributed by atoms with van der Waals surface area (Å²) in [5.74, 6) is -0.0723. The lowest BCUT2D eigenvalue weighted by Gasteiger charge is -2.18. The van der Waals surface area contributed by atoms with Gasteiger partial charge >= 0.3 is 5.97 Å². The Labute approximate surface area is 122 Å². The van der Waals surface area contributed by atoms with Crippen molar-refractivity contribution in [1.29, 1.82) is 0 Å². The number of carbonyl (C=O) groups excluding carboxylic acids is 2. The molecule has 5 nitrogen and oxygen atoms in total. The summed E-state index contributed by atoms with van der Waals surface area (Å²) in [5.41, 5.74) is 0.633. The molecular formula is C14H20N2O3S. The highest BCUT2D eigenvalue weighted by Gasteiger charge is 2.35. The molecule has 0 bridgehead atoms. The van der Waals surface area contributed by atoms with Gasteiger partial charge in [-0.3, -0.25) is 9.69 Å². The molecule has 110 valence electrons. The van der Waals surface area contributed by atoms with Crippen molar-refractivity contribution in [3.63, 3.8) is 0 Å². The molecule has 0 saturated heterocycles. The molecule has 0 N–H and O–H groups in total. The average molecular weight is 296 g/mol. The number of aryl methyl sites for hydroxylation is 1. The second-order valence-corrected chi connectivity index (χ2v) is 5.87. The third kappa shape index (κ3) is 3.17. The number of esters is 1. The van der Waals surface area contributed by atoms with E-state index in [2.05, 4.69) is 4.98 Å². The lowest BCUT2D eigenvalue weighted by Crippen LogP contribution is -2.32. The second-order valence-electron chi connectivity index (χ2n) is 4.90. The minimum absolute atomic E-state index is 0.135. The van der Waals surface area contributed by atoms with Crippen molar-refractivity contribution in [2.24, 2.45) is 5.92 Å². The first-order valence-corrected chi connectivity index (χ1v) is 7.86. The van der Waals surface area contributed by atoms with Gasteiger partial charge in [-0.15, -0.1) is 0 Å². The molecule has 6 heteroatoms. The molecule has 0 unspecified atom stereocenters. The number of rotatable bonds is 6. The van der Waals surface area contributed by atoms with E-state index in [1.165, 1.54) is 11.3 Å². The van der Waals surface area contributed by atoms with Crippen LogP contribution in [0.3, 0.4) is 0 Å². The van der Waals surface area contributed by atoms with Crippen molar-refractivity contribution >= 4 is 28.3 Å². The highest BCUT2D eigenvalue weighted by Crippen LogP contribution is 2.35. The van der Waals surface area contributed by atoms with Crippen LogP contribution < -0.4 is 4.90 Å². The van der Waals surface area contributed by atoms with Crippen LogP contribution in [0.1, 0.15) is 48.5 Å². The monoisotopic (exact) mass is 296 g/mol. The Hall–Kier alpha value is -1.43. The van der Waals surface area contributed by atoms with Gasteiger partial charge in [0.1, 0.15) is 4.88 Å². The molecule has 1 amide bonds. The van der Waals surface area contributed by atoms with Crippen LogP contribution in [0, 0.1) is 12.8 Å². The number of anilines is 1. The van der Waals surface area contributed by atoms with E-state index < -0.39 is 0 Å². The lowest BCUT2D eigenvalue weighted by atomic mass is 10.3. The van der Waals surface area contributed by atoms with Gasteiger partial charge in [0.05, 0.1) is 12.3 Å². The van der Waals surface area contributed by atoms with Crippen LogP contribution in [0.5, 0.6) is 0 Å². The van der Waals surface area contributed by atoms with Gasteiger partial charge in [0.25, 0.3) is 0 Å². The largest absolute Gasteiger partial charge is 0.462 e. The summed E-state index contributed by atoms with van der Waals surface area (Å²) in [6.07, 6.45) is 2.80. The first-order valence-electron chi connectivity index (χ1n) is 7.04. The molecule has 0 aliphatic heterocycles. The molecule has 2 rings (SSSR count). The Bertz CT molecular complexity index is 509. The summed E-state index contributed by atoms with van der Waals surface area (Å²) in [5, 5.41) is 0.615. The summed E-state index contributed by atoms with van der Waals surface area (Å²) < 4.78 is 5.01. The Morgan fingerprint density at radius 3 is 2.65 bits per heavy atom. The molecule has 1 heterocycles. The van der Waals surface area contributed by atoms with Gasteiger partial charge in [-0.1, -0.05) is 18.3 Å². The molecule has 1 aliphatic rings. The molecule has 1 fully saturated rings. The fourth-order valence-corrected chi connectivity index (χ4v) is 2.95. The van der Waals surface area contributed by atoms with Gasteiger partial charge in [0.15, 0.2) is 5.13 Å². The van der Waals surface area contributed by atoms with Crippen molar-refractivity contribution in [2.75, 3.05) is 18.1 Å². The Morgan fingerprint density at radius 1 is 1.40 bits per heavy atom. The first-order chi connectivity index (χ1) is 9.58. The number of hydrogen-bond donors (Lipinski definition) is 0.